The van der Waals surface area contributed by atoms with Crippen LogP contribution in [0.4, 0.5) is 0 Å². The molecule has 4 heteroatoms. The quantitative estimate of drug-likeness (QED) is 0.834. The number of aromatic nitrogens is 1. The molecule has 0 spiro atoms. The SMILES string of the molecule is Cc1ncsc1CN1CCC(N)CC1C. The maximum absolute atomic E-state index is 5.95. The Kier molecular flexibility index (Phi) is 3.38. The van der Waals surface area contributed by atoms with Gasteiger partial charge in [0.05, 0.1) is 11.2 Å². The molecule has 2 heterocycles. The highest BCUT2D eigenvalue weighted by Gasteiger charge is 2.23. The van der Waals surface area contributed by atoms with Crippen LogP contribution in [0.15, 0.2) is 5.51 Å². The molecule has 0 saturated carbocycles. The molecule has 0 radical (unpaired) electrons. The lowest BCUT2D eigenvalue weighted by Gasteiger charge is -2.36. The molecule has 2 unspecified atom stereocenters. The molecule has 2 rings (SSSR count). The molecule has 0 bridgehead atoms. The van der Waals surface area contributed by atoms with E-state index in [4.69, 9.17) is 5.73 Å². The highest BCUT2D eigenvalue weighted by atomic mass is 32.1. The van der Waals surface area contributed by atoms with Crippen molar-refractivity contribution in [3.05, 3.63) is 16.1 Å². The minimum Gasteiger partial charge on any atom is -0.328 e. The Hall–Kier alpha value is -0.450. The van der Waals surface area contributed by atoms with Gasteiger partial charge in [0.2, 0.25) is 0 Å². The summed E-state index contributed by atoms with van der Waals surface area (Å²) in [5.41, 5.74) is 9.07. The zero-order valence-corrected chi connectivity index (χ0v) is 10.3. The molecular formula is C11H19N3S. The minimum absolute atomic E-state index is 0.402. The van der Waals surface area contributed by atoms with Crippen molar-refractivity contribution in [2.45, 2.75) is 45.3 Å². The predicted octanol–water partition coefficient (Wildman–Crippen LogP) is 1.76. The van der Waals surface area contributed by atoms with Gasteiger partial charge in [-0.05, 0) is 26.7 Å². The van der Waals surface area contributed by atoms with Gasteiger partial charge in [-0.2, -0.15) is 0 Å². The molecule has 1 aliphatic heterocycles. The summed E-state index contributed by atoms with van der Waals surface area (Å²) < 4.78 is 0. The van der Waals surface area contributed by atoms with Crippen LogP contribution in [0.2, 0.25) is 0 Å². The van der Waals surface area contributed by atoms with Crippen molar-refractivity contribution in [2.75, 3.05) is 6.54 Å². The lowest BCUT2D eigenvalue weighted by Crippen LogP contribution is -2.44. The zero-order chi connectivity index (χ0) is 10.8. The first-order valence-corrected chi connectivity index (χ1v) is 6.43. The Bertz CT molecular complexity index is 323. The van der Waals surface area contributed by atoms with Gasteiger partial charge in [-0.25, -0.2) is 4.98 Å². The molecular weight excluding hydrogens is 206 g/mol. The minimum atomic E-state index is 0.402. The van der Waals surface area contributed by atoms with E-state index in [0.717, 1.165) is 25.9 Å². The summed E-state index contributed by atoms with van der Waals surface area (Å²) in [6.07, 6.45) is 2.25. The third kappa shape index (κ3) is 2.56. The molecule has 0 amide bonds. The monoisotopic (exact) mass is 225 g/mol. The maximum Gasteiger partial charge on any atom is 0.0798 e. The molecule has 2 N–H and O–H groups in total. The molecule has 1 saturated heterocycles. The van der Waals surface area contributed by atoms with Gasteiger partial charge in [0.1, 0.15) is 0 Å². The van der Waals surface area contributed by atoms with Crippen molar-refractivity contribution in [1.82, 2.24) is 9.88 Å². The van der Waals surface area contributed by atoms with Gasteiger partial charge < -0.3 is 5.73 Å². The summed E-state index contributed by atoms with van der Waals surface area (Å²) >= 11 is 1.76. The number of hydrogen-bond acceptors (Lipinski definition) is 4. The van der Waals surface area contributed by atoms with Crippen LogP contribution in [0.3, 0.4) is 0 Å². The fourth-order valence-electron chi connectivity index (χ4n) is 2.15. The van der Waals surface area contributed by atoms with E-state index in [2.05, 4.69) is 23.7 Å². The van der Waals surface area contributed by atoms with Gasteiger partial charge in [-0.15, -0.1) is 11.3 Å². The van der Waals surface area contributed by atoms with Crippen molar-refractivity contribution in [1.29, 1.82) is 0 Å². The van der Waals surface area contributed by atoms with E-state index < -0.39 is 0 Å². The Morgan fingerprint density at radius 2 is 2.47 bits per heavy atom. The lowest BCUT2D eigenvalue weighted by molar-refractivity contribution is 0.141. The molecule has 3 nitrogen and oxygen atoms in total. The largest absolute Gasteiger partial charge is 0.328 e. The average molecular weight is 225 g/mol. The van der Waals surface area contributed by atoms with Crippen LogP contribution in [0.1, 0.15) is 30.3 Å². The normalized spacial score (nSPS) is 28.2. The summed E-state index contributed by atoms with van der Waals surface area (Å²) in [5, 5.41) is 0. The topological polar surface area (TPSA) is 42.2 Å². The van der Waals surface area contributed by atoms with Crippen molar-refractivity contribution in [3.8, 4) is 0 Å². The number of nitrogens with two attached hydrogens (primary N) is 1. The summed E-state index contributed by atoms with van der Waals surface area (Å²) in [4.78, 5) is 8.21. The number of rotatable bonds is 2. The smallest absolute Gasteiger partial charge is 0.0798 e. The average Bonchev–Trinajstić information content (AvgIpc) is 2.57. The highest BCUT2D eigenvalue weighted by molar-refractivity contribution is 7.09. The Balaban J connectivity index is 1.98. The zero-order valence-electron chi connectivity index (χ0n) is 9.44. The number of hydrogen-bond donors (Lipinski definition) is 1. The molecule has 15 heavy (non-hydrogen) atoms. The van der Waals surface area contributed by atoms with E-state index in [-0.39, 0.29) is 0 Å². The Morgan fingerprint density at radius 1 is 1.67 bits per heavy atom. The fourth-order valence-corrected chi connectivity index (χ4v) is 2.96. The number of thiazole rings is 1. The Labute approximate surface area is 95.3 Å². The fraction of sp³-hybridized carbons (Fsp3) is 0.727. The maximum atomic E-state index is 5.95. The first kappa shape index (κ1) is 11.0. The van der Waals surface area contributed by atoms with Crippen LogP contribution in [-0.2, 0) is 6.54 Å². The van der Waals surface area contributed by atoms with Crippen molar-refractivity contribution >= 4 is 11.3 Å². The molecule has 2 atom stereocenters. The van der Waals surface area contributed by atoms with Crippen LogP contribution in [0.25, 0.3) is 0 Å². The molecule has 84 valence electrons. The summed E-state index contributed by atoms with van der Waals surface area (Å²) in [6, 6.07) is 1.01. The highest BCUT2D eigenvalue weighted by Crippen LogP contribution is 2.21. The second-order valence-corrected chi connectivity index (χ2v) is 5.40. The number of nitrogens with zero attached hydrogens (tertiary/aromatic N) is 2. The standard InChI is InChI=1S/C11H19N3S/c1-8-5-10(12)3-4-14(8)6-11-9(2)13-7-15-11/h7-8,10H,3-6,12H2,1-2H3. The van der Waals surface area contributed by atoms with Crippen molar-refractivity contribution < 1.29 is 0 Å². The predicted molar refractivity (Wildman–Crippen MR) is 63.9 cm³/mol. The van der Waals surface area contributed by atoms with Crippen LogP contribution >= 0.6 is 11.3 Å². The molecule has 1 aromatic heterocycles. The molecule has 0 aliphatic carbocycles. The number of likely N-dealkylation sites (tertiary alicyclic amines) is 1. The summed E-state index contributed by atoms with van der Waals surface area (Å²) in [7, 11) is 0. The number of piperidine rings is 1. The van der Waals surface area contributed by atoms with E-state index in [9.17, 15) is 0 Å². The molecule has 1 aliphatic rings. The van der Waals surface area contributed by atoms with E-state index in [1.165, 1.54) is 10.6 Å². The second-order valence-electron chi connectivity index (χ2n) is 4.46. The second kappa shape index (κ2) is 4.60. The van der Waals surface area contributed by atoms with E-state index in [1.807, 2.05) is 5.51 Å². The van der Waals surface area contributed by atoms with Crippen molar-refractivity contribution in [3.63, 3.8) is 0 Å². The molecule has 0 aromatic carbocycles. The van der Waals surface area contributed by atoms with Crippen LogP contribution in [0, 0.1) is 6.92 Å². The van der Waals surface area contributed by atoms with E-state index >= 15 is 0 Å². The third-order valence-corrected chi connectivity index (χ3v) is 4.17. The van der Waals surface area contributed by atoms with Crippen LogP contribution < -0.4 is 5.73 Å². The van der Waals surface area contributed by atoms with Crippen LogP contribution in [-0.4, -0.2) is 28.5 Å². The van der Waals surface area contributed by atoms with Gasteiger partial charge in [-0.3, -0.25) is 4.90 Å². The van der Waals surface area contributed by atoms with Gasteiger partial charge >= 0.3 is 0 Å². The lowest BCUT2D eigenvalue weighted by atomic mass is 9.99. The van der Waals surface area contributed by atoms with Gasteiger partial charge in [-0.1, -0.05) is 0 Å². The first-order valence-electron chi connectivity index (χ1n) is 5.55. The third-order valence-electron chi connectivity index (χ3n) is 3.25. The summed E-state index contributed by atoms with van der Waals surface area (Å²) in [6.45, 7) is 6.53. The van der Waals surface area contributed by atoms with Gasteiger partial charge in [0.25, 0.3) is 0 Å². The first-order chi connectivity index (χ1) is 7.16. The van der Waals surface area contributed by atoms with Gasteiger partial charge in [0, 0.05) is 30.1 Å². The Morgan fingerprint density at radius 3 is 3.07 bits per heavy atom. The van der Waals surface area contributed by atoms with Gasteiger partial charge in [0.15, 0.2) is 0 Å². The van der Waals surface area contributed by atoms with Crippen LogP contribution in [0.5, 0.6) is 0 Å². The molecule has 1 aromatic rings. The molecule has 1 fully saturated rings. The number of aryl methyl sites for hydroxylation is 1. The summed E-state index contributed by atoms with van der Waals surface area (Å²) in [5.74, 6) is 0. The van der Waals surface area contributed by atoms with E-state index in [0.29, 0.717) is 12.1 Å². The van der Waals surface area contributed by atoms with Crippen molar-refractivity contribution in [2.24, 2.45) is 5.73 Å². The van der Waals surface area contributed by atoms with E-state index in [1.54, 1.807) is 11.3 Å².